The molecule has 0 radical (unpaired) electrons. The van der Waals surface area contributed by atoms with E-state index in [4.69, 9.17) is 0 Å². The zero-order valence-electron chi connectivity index (χ0n) is 15.8. The maximum absolute atomic E-state index is 11.9. The predicted molar refractivity (Wildman–Crippen MR) is 101 cm³/mol. The fraction of sp³-hybridized carbons (Fsp3) is 0.952. The van der Waals surface area contributed by atoms with Crippen molar-refractivity contribution in [1.29, 1.82) is 0 Å². The summed E-state index contributed by atoms with van der Waals surface area (Å²) in [6.45, 7) is 4.31. The highest BCUT2D eigenvalue weighted by Crippen LogP contribution is 2.14. The number of hydrogen-bond acceptors (Lipinski definition) is 1. The van der Waals surface area contributed by atoms with Gasteiger partial charge in [0.15, 0.2) is 0 Å². The molecule has 0 unspecified atom stereocenters. The van der Waals surface area contributed by atoms with Gasteiger partial charge < -0.3 is 4.90 Å². The normalized spacial score (nSPS) is 14.6. The maximum atomic E-state index is 11.9. The van der Waals surface area contributed by atoms with E-state index in [1.54, 1.807) is 0 Å². The van der Waals surface area contributed by atoms with Crippen LogP contribution >= 0.6 is 0 Å². The van der Waals surface area contributed by atoms with Crippen molar-refractivity contribution in [3.63, 3.8) is 0 Å². The number of nitrogens with zero attached hydrogens (tertiary/aromatic N) is 1. The van der Waals surface area contributed by atoms with Crippen LogP contribution in [-0.2, 0) is 4.79 Å². The molecule has 0 aliphatic carbocycles. The largest absolute Gasteiger partial charge is 0.343 e. The fourth-order valence-corrected chi connectivity index (χ4v) is 3.60. The Labute approximate surface area is 145 Å². The number of hydrogen-bond donors (Lipinski definition) is 0. The van der Waals surface area contributed by atoms with Crippen molar-refractivity contribution in [2.75, 3.05) is 13.1 Å². The van der Waals surface area contributed by atoms with Gasteiger partial charge in [-0.15, -0.1) is 0 Å². The molecule has 0 bridgehead atoms. The molecule has 1 fully saturated rings. The van der Waals surface area contributed by atoms with Gasteiger partial charge in [-0.1, -0.05) is 90.4 Å². The smallest absolute Gasteiger partial charge is 0.222 e. The fourth-order valence-electron chi connectivity index (χ4n) is 3.60. The van der Waals surface area contributed by atoms with E-state index in [0.29, 0.717) is 5.91 Å². The summed E-state index contributed by atoms with van der Waals surface area (Å²) >= 11 is 0. The number of unbranched alkanes of at least 4 members (excludes halogenated alkanes) is 13. The Hall–Kier alpha value is -0.530. The molecule has 1 aliphatic rings. The van der Waals surface area contributed by atoms with Crippen LogP contribution in [0.1, 0.15) is 116 Å². The zero-order valence-corrected chi connectivity index (χ0v) is 15.8. The monoisotopic (exact) mass is 323 g/mol. The summed E-state index contributed by atoms with van der Waals surface area (Å²) in [5.41, 5.74) is 0. The average molecular weight is 324 g/mol. The minimum Gasteiger partial charge on any atom is -0.343 e. The molecule has 0 atom stereocenters. The van der Waals surface area contributed by atoms with Gasteiger partial charge in [-0.25, -0.2) is 0 Å². The SMILES string of the molecule is CCCCCCCCCCCCCCCCC(=O)N1CCCC1. The van der Waals surface area contributed by atoms with E-state index >= 15 is 0 Å². The van der Waals surface area contributed by atoms with Crippen molar-refractivity contribution in [3.05, 3.63) is 0 Å². The first kappa shape index (κ1) is 20.5. The molecule has 0 aromatic carbocycles. The molecule has 1 saturated heterocycles. The number of carbonyl (C=O) groups is 1. The van der Waals surface area contributed by atoms with Gasteiger partial charge in [-0.05, 0) is 19.3 Å². The van der Waals surface area contributed by atoms with E-state index in [0.717, 1.165) is 25.9 Å². The van der Waals surface area contributed by atoms with Crippen LogP contribution in [0.2, 0.25) is 0 Å². The third-order valence-corrected chi connectivity index (χ3v) is 5.20. The van der Waals surface area contributed by atoms with Gasteiger partial charge in [0, 0.05) is 19.5 Å². The molecule has 1 rings (SSSR count). The van der Waals surface area contributed by atoms with Crippen molar-refractivity contribution in [2.45, 2.75) is 116 Å². The van der Waals surface area contributed by atoms with Crippen molar-refractivity contribution in [3.8, 4) is 0 Å². The lowest BCUT2D eigenvalue weighted by molar-refractivity contribution is -0.130. The zero-order chi connectivity index (χ0) is 16.6. The van der Waals surface area contributed by atoms with Gasteiger partial charge in [0.2, 0.25) is 5.91 Å². The average Bonchev–Trinajstić information content (AvgIpc) is 3.09. The minimum atomic E-state index is 0.404. The Morgan fingerprint density at radius 2 is 1.04 bits per heavy atom. The Morgan fingerprint density at radius 1 is 0.652 bits per heavy atom. The van der Waals surface area contributed by atoms with Crippen LogP contribution in [-0.4, -0.2) is 23.9 Å². The molecular formula is C21H41NO. The third kappa shape index (κ3) is 11.6. The number of rotatable bonds is 15. The van der Waals surface area contributed by atoms with Crippen LogP contribution in [0.25, 0.3) is 0 Å². The van der Waals surface area contributed by atoms with Crippen molar-refractivity contribution in [1.82, 2.24) is 4.90 Å². The maximum Gasteiger partial charge on any atom is 0.222 e. The Balaban J connectivity index is 1.72. The molecule has 23 heavy (non-hydrogen) atoms. The van der Waals surface area contributed by atoms with Gasteiger partial charge >= 0.3 is 0 Å². The van der Waals surface area contributed by atoms with E-state index in [2.05, 4.69) is 11.8 Å². The quantitative estimate of drug-likeness (QED) is 0.316. The van der Waals surface area contributed by atoms with Crippen LogP contribution in [0.4, 0.5) is 0 Å². The Kier molecular flexibility index (Phi) is 13.4. The second-order valence-electron chi connectivity index (χ2n) is 7.43. The highest BCUT2D eigenvalue weighted by Gasteiger charge is 2.16. The first-order chi connectivity index (χ1) is 11.3. The van der Waals surface area contributed by atoms with Crippen LogP contribution < -0.4 is 0 Å². The van der Waals surface area contributed by atoms with Crippen LogP contribution in [0.3, 0.4) is 0 Å². The van der Waals surface area contributed by atoms with Gasteiger partial charge in [0.1, 0.15) is 0 Å². The summed E-state index contributed by atoms with van der Waals surface area (Å²) in [5, 5.41) is 0. The number of likely N-dealkylation sites (tertiary alicyclic amines) is 1. The molecule has 2 heteroatoms. The molecule has 0 N–H and O–H groups in total. The summed E-state index contributed by atoms with van der Waals surface area (Å²) in [7, 11) is 0. The second-order valence-corrected chi connectivity index (χ2v) is 7.43. The number of carbonyl (C=O) groups excluding carboxylic acids is 1. The van der Waals surface area contributed by atoms with E-state index in [9.17, 15) is 4.79 Å². The molecule has 2 nitrogen and oxygen atoms in total. The van der Waals surface area contributed by atoms with Crippen LogP contribution in [0, 0.1) is 0 Å². The van der Waals surface area contributed by atoms with Gasteiger partial charge in [0.05, 0.1) is 0 Å². The lowest BCUT2D eigenvalue weighted by atomic mass is 10.0. The van der Waals surface area contributed by atoms with E-state index < -0.39 is 0 Å². The molecule has 136 valence electrons. The Bertz CT molecular complexity index is 271. The van der Waals surface area contributed by atoms with Crippen LogP contribution in [0.15, 0.2) is 0 Å². The summed E-state index contributed by atoms with van der Waals surface area (Å²) in [6.07, 6.45) is 22.5. The van der Waals surface area contributed by atoms with E-state index in [-0.39, 0.29) is 0 Å². The predicted octanol–water partition coefficient (Wildman–Crippen LogP) is 6.48. The topological polar surface area (TPSA) is 20.3 Å². The molecule has 0 spiro atoms. The van der Waals surface area contributed by atoms with E-state index in [1.807, 2.05) is 0 Å². The van der Waals surface area contributed by atoms with E-state index in [1.165, 1.54) is 96.3 Å². The first-order valence-electron chi connectivity index (χ1n) is 10.6. The number of amides is 1. The van der Waals surface area contributed by atoms with Gasteiger partial charge in [-0.3, -0.25) is 4.79 Å². The molecule has 1 heterocycles. The summed E-state index contributed by atoms with van der Waals surface area (Å²) < 4.78 is 0. The first-order valence-corrected chi connectivity index (χ1v) is 10.6. The van der Waals surface area contributed by atoms with Crippen molar-refractivity contribution in [2.24, 2.45) is 0 Å². The molecule has 1 aliphatic heterocycles. The van der Waals surface area contributed by atoms with Crippen molar-refractivity contribution < 1.29 is 4.79 Å². The molecule has 0 aromatic heterocycles. The molecule has 0 aromatic rings. The molecular weight excluding hydrogens is 282 g/mol. The van der Waals surface area contributed by atoms with Crippen molar-refractivity contribution >= 4 is 5.91 Å². The summed E-state index contributed by atoms with van der Waals surface area (Å²) in [6, 6.07) is 0. The molecule has 0 saturated carbocycles. The summed E-state index contributed by atoms with van der Waals surface area (Å²) in [4.78, 5) is 13.9. The standard InChI is InChI=1S/C21H41NO/c1-2-3-4-5-6-7-8-9-10-11-12-13-14-15-18-21(23)22-19-16-17-20-22/h2-20H2,1H3. The summed E-state index contributed by atoms with van der Waals surface area (Å²) in [5.74, 6) is 0.404. The van der Waals surface area contributed by atoms with Gasteiger partial charge in [0.25, 0.3) is 0 Å². The minimum absolute atomic E-state index is 0.404. The second kappa shape index (κ2) is 15.0. The Morgan fingerprint density at radius 3 is 1.48 bits per heavy atom. The highest BCUT2D eigenvalue weighted by atomic mass is 16.2. The molecule has 1 amide bonds. The highest BCUT2D eigenvalue weighted by molar-refractivity contribution is 5.76. The van der Waals surface area contributed by atoms with Crippen LogP contribution in [0.5, 0.6) is 0 Å². The lowest BCUT2D eigenvalue weighted by Gasteiger charge is -2.14. The van der Waals surface area contributed by atoms with Gasteiger partial charge in [-0.2, -0.15) is 0 Å². The third-order valence-electron chi connectivity index (χ3n) is 5.20. The lowest BCUT2D eigenvalue weighted by Crippen LogP contribution is -2.27.